The number of hydrogen-bond acceptors (Lipinski definition) is 3. The second-order valence-corrected chi connectivity index (χ2v) is 7.98. The average Bonchev–Trinajstić information content (AvgIpc) is 3.19. The van der Waals surface area contributed by atoms with Gasteiger partial charge in [0.25, 0.3) is 0 Å². The van der Waals surface area contributed by atoms with Gasteiger partial charge in [0.1, 0.15) is 5.82 Å². The van der Waals surface area contributed by atoms with E-state index in [1.54, 1.807) is 17.0 Å². The predicted octanol–water partition coefficient (Wildman–Crippen LogP) is 4.66. The quantitative estimate of drug-likeness (QED) is 0.572. The lowest BCUT2D eigenvalue weighted by Gasteiger charge is -2.23. The number of nitrogens with one attached hydrogen (secondary N) is 1. The number of hydrogen-bond donors (Lipinski definition) is 1. The lowest BCUT2D eigenvalue weighted by atomic mass is 10.1. The molecule has 1 saturated heterocycles. The number of rotatable bonds is 6. The molecule has 1 N–H and O–H groups in total. The Morgan fingerprint density at radius 3 is 2.83 bits per heavy atom. The summed E-state index contributed by atoms with van der Waals surface area (Å²) < 4.78 is 13.3. The molecule has 0 radical (unpaired) electrons. The summed E-state index contributed by atoms with van der Waals surface area (Å²) in [6.07, 6.45) is 1.50. The molecule has 6 nitrogen and oxygen atoms in total. The van der Waals surface area contributed by atoms with Crippen LogP contribution in [0.2, 0.25) is 10.0 Å². The van der Waals surface area contributed by atoms with Crippen LogP contribution >= 0.6 is 23.2 Å². The zero-order chi connectivity index (χ0) is 20.5. The maximum Gasteiger partial charge on any atom is 0.320 e. The number of imidazole rings is 1. The molecule has 3 aromatic rings. The van der Waals surface area contributed by atoms with E-state index in [-0.39, 0.29) is 12.1 Å². The Morgan fingerprint density at radius 1 is 1.24 bits per heavy atom. The molecule has 1 fully saturated rings. The van der Waals surface area contributed by atoms with Crippen LogP contribution in [0.3, 0.4) is 0 Å². The number of carbonyl (C=O) groups excluding carboxylic acids is 1. The van der Waals surface area contributed by atoms with Gasteiger partial charge >= 0.3 is 6.03 Å². The number of aromatic nitrogens is 3. The number of carbonyl (C=O) groups is 1. The van der Waals surface area contributed by atoms with Gasteiger partial charge in [-0.25, -0.2) is 9.78 Å². The minimum absolute atomic E-state index is 0.000994. The van der Waals surface area contributed by atoms with E-state index < -0.39 is 5.95 Å². The molecule has 4 rings (SSSR count). The summed E-state index contributed by atoms with van der Waals surface area (Å²) in [6.45, 7) is 3.57. The predicted molar refractivity (Wildman–Crippen MR) is 111 cm³/mol. The van der Waals surface area contributed by atoms with Crippen LogP contribution in [-0.2, 0) is 13.0 Å². The first kappa shape index (κ1) is 19.9. The van der Waals surface area contributed by atoms with Crippen molar-refractivity contribution in [3.05, 3.63) is 57.7 Å². The fourth-order valence-electron chi connectivity index (χ4n) is 3.71. The molecular weight excluding hydrogens is 416 g/mol. The molecule has 1 aromatic carbocycles. The van der Waals surface area contributed by atoms with Gasteiger partial charge in [0.05, 0.1) is 18.1 Å². The highest BCUT2D eigenvalue weighted by molar-refractivity contribution is 6.35. The maximum atomic E-state index is 13.3. The van der Waals surface area contributed by atoms with Crippen molar-refractivity contribution in [2.24, 2.45) is 0 Å². The standard InChI is InChI=1S/C20H20Cl2FN5O/c1-2-7-28-14(8-12-3-4-13(21)9-15(12)22)10-27(20(28)29)11-18-24-16-5-6-17(23)25-19(16)26-18/h3-6,9,14H,2,7-8,10-11H2,1H3,(H,24,25,26). The molecule has 3 heterocycles. The number of fused-ring (bicyclic) bond motifs is 1. The number of nitrogens with zero attached hydrogens (tertiary/aromatic N) is 4. The number of H-pyrrole nitrogens is 1. The smallest absolute Gasteiger partial charge is 0.320 e. The summed E-state index contributed by atoms with van der Waals surface area (Å²) in [6, 6.07) is 8.26. The highest BCUT2D eigenvalue weighted by atomic mass is 35.5. The molecule has 0 saturated carbocycles. The first-order valence-corrected chi connectivity index (χ1v) is 10.2. The third-order valence-corrected chi connectivity index (χ3v) is 5.61. The van der Waals surface area contributed by atoms with Crippen molar-refractivity contribution in [1.82, 2.24) is 24.8 Å². The minimum Gasteiger partial charge on any atom is -0.339 e. The monoisotopic (exact) mass is 435 g/mol. The Hall–Kier alpha value is -2.38. The van der Waals surface area contributed by atoms with Gasteiger partial charge < -0.3 is 14.8 Å². The van der Waals surface area contributed by atoms with Gasteiger partial charge in [-0.05, 0) is 42.7 Å². The summed E-state index contributed by atoms with van der Waals surface area (Å²) in [5.41, 5.74) is 1.91. The minimum atomic E-state index is -0.582. The van der Waals surface area contributed by atoms with E-state index in [0.717, 1.165) is 12.0 Å². The van der Waals surface area contributed by atoms with Crippen molar-refractivity contribution in [2.45, 2.75) is 32.4 Å². The molecule has 1 atom stereocenters. The molecule has 0 bridgehead atoms. The molecule has 2 aromatic heterocycles. The molecule has 29 heavy (non-hydrogen) atoms. The number of aromatic amines is 1. The Bertz CT molecular complexity index is 1060. The lowest BCUT2D eigenvalue weighted by Crippen LogP contribution is -2.36. The van der Waals surface area contributed by atoms with Gasteiger partial charge in [0.15, 0.2) is 5.65 Å². The maximum absolute atomic E-state index is 13.3. The van der Waals surface area contributed by atoms with Crippen LogP contribution in [0.1, 0.15) is 24.7 Å². The topological polar surface area (TPSA) is 65.1 Å². The average molecular weight is 436 g/mol. The molecular formula is C20H20Cl2FN5O. The molecule has 0 spiro atoms. The molecule has 2 amide bonds. The van der Waals surface area contributed by atoms with Crippen LogP contribution in [0.5, 0.6) is 0 Å². The van der Waals surface area contributed by atoms with E-state index in [1.807, 2.05) is 24.0 Å². The summed E-state index contributed by atoms with van der Waals surface area (Å²) in [5.74, 6) is -0.00472. The van der Waals surface area contributed by atoms with E-state index in [0.29, 0.717) is 53.1 Å². The Kier molecular flexibility index (Phi) is 5.61. The van der Waals surface area contributed by atoms with E-state index in [4.69, 9.17) is 23.2 Å². The first-order chi connectivity index (χ1) is 13.9. The number of benzene rings is 1. The molecule has 1 aliphatic rings. The van der Waals surface area contributed by atoms with Gasteiger partial charge in [0.2, 0.25) is 5.95 Å². The van der Waals surface area contributed by atoms with Gasteiger partial charge in [-0.2, -0.15) is 9.37 Å². The van der Waals surface area contributed by atoms with Crippen molar-refractivity contribution < 1.29 is 9.18 Å². The number of urea groups is 1. The van der Waals surface area contributed by atoms with Gasteiger partial charge in [0, 0.05) is 23.1 Å². The molecule has 0 aliphatic carbocycles. The Balaban J connectivity index is 1.53. The van der Waals surface area contributed by atoms with Crippen LogP contribution in [0, 0.1) is 5.95 Å². The van der Waals surface area contributed by atoms with Gasteiger partial charge in [-0.1, -0.05) is 36.2 Å². The Labute approximate surface area is 177 Å². The first-order valence-electron chi connectivity index (χ1n) is 9.45. The molecule has 1 aliphatic heterocycles. The van der Waals surface area contributed by atoms with E-state index >= 15 is 0 Å². The van der Waals surface area contributed by atoms with Crippen LogP contribution in [0.25, 0.3) is 11.2 Å². The van der Waals surface area contributed by atoms with E-state index in [9.17, 15) is 9.18 Å². The van der Waals surface area contributed by atoms with Crippen molar-refractivity contribution in [3.8, 4) is 0 Å². The van der Waals surface area contributed by atoms with Crippen LogP contribution in [0.15, 0.2) is 30.3 Å². The number of pyridine rings is 1. The zero-order valence-electron chi connectivity index (χ0n) is 15.8. The third-order valence-electron chi connectivity index (χ3n) is 5.02. The largest absolute Gasteiger partial charge is 0.339 e. The number of amides is 2. The molecule has 9 heteroatoms. The van der Waals surface area contributed by atoms with Crippen molar-refractivity contribution >= 4 is 40.4 Å². The zero-order valence-corrected chi connectivity index (χ0v) is 17.3. The molecule has 152 valence electrons. The van der Waals surface area contributed by atoms with E-state index in [2.05, 4.69) is 15.0 Å². The fourth-order valence-corrected chi connectivity index (χ4v) is 4.20. The lowest BCUT2D eigenvalue weighted by molar-refractivity contribution is 0.184. The van der Waals surface area contributed by atoms with Crippen molar-refractivity contribution in [1.29, 1.82) is 0 Å². The highest BCUT2D eigenvalue weighted by Gasteiger charge is 2.37. The normalized spacial score (nSPS) is 17.0. The second kappa shape index (κ2) is 8.16. The SMILES string of the molecule is CCCN1C(=O)N(Cc2nc3nc(F)ccc3[nH]2)CC1Cc1ccc(Cl)cc1Cl. The van der Waals surface area contributed by atoms with Crippen molar-refractivity contribution in [3.63, 3.8) is 0 Å². The van der Waals surface area contributed by atoms with Crippen LogP contribution in [0.4, 0.5) is 9.18 Å². The fraction of sp³-hybridized carbons (Fsp3) is 0.350. The Morgan fingerprint density at radius 2 is 2.07 bits per heavy atom. The summed E-state index contributed by atoms with van der Waals surface area (Å²) in [7, 11) is 0. The van der Waals surface area contributed by atoms with Crippen LogP contribution < -0.4 is 0 Å². The van der Waals surface area contributed by atoms with Gasteiger partial charge in [-0.15, -0.1) is 0 Å². The van der Waals surface area contributed by atoms with Crippen molar-refractivity contribution in [2.75, 3.05) is 13.1 Å². The highest BCUT2D eigenvalue weighted by Crippen LogP contribution is 2.27. The summed E-state index contributed by atoms with van der Waals surface area (Å²) in [4.78, 5) is 27.8. The number of halogens is 3. The molecule has 1 unspecified atom stereocenters. The van der Waals surface area contributed by atoms with E-state index in [1.165, 1.54) is 6.07 Å². The summed E-state index contributed by atoms with van der Waals surface area (Å²) >= 11 is 12.3. The van der Waals surface area contributed by atoms with Crippen LogP contribution in [-0.4, -0.2) is 49.9 Å². The van der Waals surface area contributed by atoms with Gasteiger partial charge in [-0.3, -0.25) is 0 Å². The summed E-state index contributed by atoms with van der Waals surface area (Å²) in [5, 5.41) is 1.19. The second-order valence-electron chi connectivity index (χ2n) is 7.14. The third kappa shape index (κ3) is 4.16.